The topological polar surface area (TPSA) is 41.6 Å². The summed E-state index contributed by atoms with van der Waals surface area (Å²) in [6, 6.07) is 22.5. The highest BCUT2D eigenvalue weighted by atomic mass is 19.1. The van der Waals surface area contributed by atoms with Gasteiger partial charge in [-0.05, 0) is 49.2 Å². The van der Waals surface area contributed by atoms with E-state index in [0.29, 0.717) is 18.7 Å². The van der Waals surface area contributed by atoms with Crippen LogP contribution in [0.1, 0.15) is 18.4 Å². The quantitative estimate of drug-likeness (QED) is 0.587. The van der Waals surface area contributed by atoms with Gasteiger partial charge in [-0.15, -0.1) is 0 Å². The van der Waals surface area contributed by atoms with Crippen molar-refractivity contribution in [3.05, 3.63) is 84.2 Å². The van der Waals surface area contributed by atoms with Gasteiger partial charge in [0.2, 0.25) is 5.91 Å². The summed E-state index contributed by atoms with van der Waals surface area (Å²) >= 11 is 0. The fraction of sp³-hybridized carbons (Fsp3) is 0.269. The second-order valence-corrected chi connectivity index (χ2v) is 7.93. The number of likely N-dealkylation sites (tertiary alicyclic amines) is 1. The minimum atomic E-state index is -0.192. The average molecular weight is 419 g/mol. The van der Waals surface area contributed by atoms with Crippen LogP contribution in [-0.2, 0) is 11.3 Å². The molecule has 3 aromatic rings. The Balaban J connectivity index is 1.45. The average Bonchev–Trinajstić information content (AvgIpc) is 2.81. The van der Waals surface area contributed by atoms with Crippen molar-refractivity contribution in [2.45, 2.75) is 19.4 Å². The van der Waals surface area contributed by atoms with Crippen LogP contribution in [0, 0.1) is 11.7 Å². The Morgan fingerprint density at radius 3 is 2.58 bits per heavy atom. The Morgan fingerprint density at radius 2 is 1.81 bits per heavy atom. The molecule has 0 radical (unpaired) electrons. The van der Waals surface area contributed by atoms with Crippen molar-refractivity contribution < 1.29 is 13.9 Å². The first-order chi connectivity index (χ1) is 15.1. The van der Waals surface area contributed by atoms with Gasteiger partial charge in [0, 0.05) is 29.9 Å². The fourth-order valence-electron chi connectivity index (χ4n) is 4.13. The van der Waals surface area contributed by atoms with Gasteiger partial charge in [0.1, 0.15) is 11.6 Å². The molecule has 1 fully saturated rings. The number of piperidine rings is 1. The summed E-state index contributed by atoms with van der Waals surface area (Å²) in [5, 5.41) is 3.13. The zero-order chi connectivity index (χ0) is 21.6. The number of ether oxygens (including phenoxy) is 1. The van der Waals surface area contributed by atoms with E-state index in [-0.39, 0.29) is 17.6 Å². The van der Waals surface area contributed by atoms with Crippen molar-refractivity contribution in [2.24, 2.45) is 5.92 Å². The van der Waals surface area contributed by atoms with E-state index in [4.69, 9.17) is 4.74 Å². The minimum Gasteiger partial charge on any atom is -0.497 e. The van der Waals surface area contributed by atoms with Gasteiger partial charge in [-0.25, -0.2) is 4.39 Å². The highest BCUT2D eigenvalue weighted by Crippen LogP contribution is 2.30. The summed E-state index contributed by atoms with van der Waals surface area (Å²) in [7, 11) is 1.64. The van der Waals surface area contributed by atoms with Gasteiger partial charge in [-0.2, -0.15) is 0 Å². The van der Waals surface area contributed by atoms with E-state index in [9.17, 15) is 9.18 Å². The smallest absolute Gasteiger partial charge is 0.228 e. The Kier molecular flexibility index (Phi) is 6.63. The molecule has 0 saturated carbocycles. The maximum absolute atomic E-state index is 14.0. The Bertz CT molecular complexity index is 1040. The van der Waals surface area contributed by atoms with E-state index in [1.165, 1.54) is 6.07 Å². The van der Waals surface area contributed by atoms with E-state index < -0.39 is 0 Å². The zero-order valence-electron chi connectivity index (χ0n) is 17.7. The highest BCUT2D eigenvalue weighted by molar-refractivity contribution is 5.97. The van der Waals surface area contributed by atoms with Crippen LogP contribution < -0.4 is 10.1 Å². The fourth-order valence-corrected chi connectivity index (χ4v) is 4.13. The Hall–Kier alpha value is -3.18. The lowest BCUT2D eigenvalue weighted by Gasteiger charge is -2.32. The van der Waals surface area contributed by atoms with Crippen LogP contribution in [-0.4, -0.2) is 31.0 Å². The standard InChI is InChI=1S/C26H27FN2O2/c1-31-22-14-12-19(13-15-22)23-9-3-5-11-25(23)28-26(30)21-8-6-16-29(18-21)17-20-7-2-4-10-24(20)27/h2-5,7,9-15,21H,6,8,16-18H2,1H3,(H,28,30)/t21-/m1/s1. The maximum atomic E-state index is 14.0. The molecule has 1 aliphatic heterocycles. The number of methoxy groups -OCH3 is 1. The van der Waals surface area contributed by atoms with Crippen molar-refractivity contribution >= 4 is 11.6 Å². The van der Waals surface area contributed by atoms with Gasteiger partial charge in [0.05, 0.1) is 13.0 Å². The lowest BCUT2D eigenvalue weighted by Crippen LogP contribution is -2.40. The van der Waals surface area contributed by atoms with E-state index in [1.807, 2.05) is 60.7 Å². The van der Waals surface area contributed by atoms with Crippen molar-refractivity contribution in [2.75, 3.05) is 25.5 Å². The molecule has 1 atom stereocenters. The number of carbonyl (C=O) groups excluding carboxylic acids is 1. The number of benzene rings is 3. The number of nitrogens with zero attached hydrogens (tertiary/aromatic N) is 1. The Labute approximate surface area is 182 Å². The number of hydrogen-bond acceptors (Lipinski definition) is 3. The van der Waals surface area contributed by atoms with E-state index in [0.717, 1.165) is 42.0 Å². The highest BCUT2D eigenvalue weighted by Gasteiger charge is 2.26. The van der Waals surface area contributed by atoms with Crippen LogP contribution in [0.3, 0.4) is 0 Å². The molecule has 0 bridgehead atoms. The predicted octanol–water partition coefficient (Wildman–Crippen LogP) is 5.35. The van der Waals surface area contributed by atoms with E-state index in [2.05, 4.69) is 10.2 Å². The largest absolute Gasteiger partial charge is 0.497 e. The second kappa shape index (κ2) is 9.75. The minimum absolute atomic E-state index is 0.0131. The molecule has 0 aromatic heterocycles. The molecular formula is C26H27FN2O2. The summed E-state index contributed by atoms with van der Waals surface area (Å²) in [5.74, 6) is 0.494. The van der Waals surface area contributed by atoms with E-state index in [1.54, 1.807) is 13.2 Å². The molecule has 4 rings (SSSR count). The summed E-state index contributed by atoms with van der Waals surface area (Å²) in [6.07, 6.45) is 1.76. The first-order valence-corrected chi connectivity index (χ1v) is 10.6. The molecule has 1 saturated heterocycles. The molecule has 1 aliphatic rings. The number of halogens is 1. The van der Waals surface area contributed by atoms with Gasteiger partial charge >= 0.3 is 0 Å². The van der Waals surface area contributed by atoms with Gasteiger partial charge in [-0.1, -0.05) is 48.5 Å². The van der Waals surface area contributed by atoms with Gasteiger partial charge in [-0.3, -0.25) is 9.69 Å². The molecular weight excluding hydrogens is 391 g/mol. The molecule has 1 amide bonds. The van der Waals surface area contributed by atoms with Gasteiger partial charge in [0.25, 0.3) is 0 Å². The normalized spacial score (nSPS) is 16.6. The molecule has 0 aliphatic carbocycles. The summed E-state index contributed by atoms with van der Waals surface area (Å²) in [6.45, 7) is 2.03. The monoisotopic (exact) mass is 418 g/mol. The molecule has 0 spiro atoms. The van der Waals surface area contributed by atoms with Crippen LogP contribution in [0.15, 0.2) is 72.8 Å². The first kappa shape index (κ1) is 21.1. The van der Waals surface area contributed by atoms with Gasteiger partial charge < -0.3 is 10.1 Å². The zero-order valence-corrected chi connectivity index (χ0v) is 17.7. The van der Waals surface area contributed by atoms with E-state index >= 15 is 0 Å². The number of rotatable bonds is 6. The molecule has 160 valence electrons. The molecule has 31 heavy (non-hydrogen) atoms. The number of anilines is 1. The van der Waals surface area contributed by atoms with Crippen molar-refractivity contribution in [1.29, 1.82) is 0 Å². The van der Waals surface area contributed by atoms with Crippen molar-refractivity contribution in [3.63, 3.8) is 0 Å². The third kappa shape index (κ3) is 5.12. The summed E-state index contributed by atoms with van der Waals surface area (Å²) in [4.78, 5) is 15.3. The summed E-state index contributed by atoms with van der Waals surface area (Å²) < 4.78 is 19.3. The number of nitrogens with one attached hydrogen (secondary N) is 1. The van der Waals surface area contributed by atoms with Crippen LogP contribution in [0.4, 0.5) is 10.1 Å². The third-order valence-electron chi connectivity index (χ3n) is 5.81. The molecule has 0 unspecified atom stereocenters. The molecule has 1 N–H and O–H groups in total. The van der Waals surface area contributed by atoms with Crippen LogP contribution in [0.5, 0.6) is 5.75 Å². The van der Waals surface area contributed by atoms with Crippen molar-refractivity contribution in [1.82, 2.24) is 4.90 Å². The third-order valence-corrected chi connectivity index (χ3v) is 5.81. The molecule has 3 aromatic carbocycles. The maximum Gasteiger partial charge on any atom is 0.228 e. The lowest BCUT2D eigenvalue weighted by molar-refractivity contribution is -0.121. The second-order valence-electron chi connectivity index (χ2n) is 7.93. The molecule has 4 nitrogen and oxygen atoms in total. The lowest BCUT2D eigenvalue weighted by atomic mass is 9.96. The number of hydrogen-bond donors (Lipinski definition) is 1. The predicted molar refractivity (Wildman–Crippen MR) is 121 cm³/mol. The summed E-state index contributed by atoms with van der Waals surface area (Å²) in [5.41, 5.74) is 3.45. The molecule has 1 heterocycles. The van der Waals surface area contributed by atoms with Gasteiger partial charge in [0.15, 0.2) is 0 Å². The number of para-hydroxylation sites is 1. The van der Waals surface area contributed by atoms with Crippen LogP contribution >= 0.6 is 0 Å². The number of amides is 1. The van der Waals surface area contributed by atoms with Crippen LogP contribution in [0.2, 0.25) is 0 Å². The molecule has 5 heteroatoms. The number of carbonyl (C=O) groups is 1. The SMILES string of the molecule is COc1ccc(-c2ccccc2NC(=O)[C@@H]2CCCN(Cc3ccccc3F)C2)cc1. The Morgan fingerprint density at radius 1 is 1.06 bits per heavy atom. The first-order valence-electron chi connectivity index (χ1n) is 10.6. The van der Waals surface area contributed by atoms with Crippen LogP contribution in [0.25, 0.3) is 11.1 Å². The van der Waals surface area contributed by atoms with Crippen molar-refractivity contribution in [3.8, 4) is 16.9 Å².